The molecule has 2 aromatic rings. The maximum absolute atomic E-state index is 13.5. The zero-order chi connectivity index (χ0) is 23.2. The predicted octanol–water partition coefficient (Wildman–Crippen LogP) is 4.47. The topological polar surface area (TPSA) is 46.6 Å². The van der Waals surface area contributed by atoms with Gasteiger partial charge < -0.3 is 9.64 Å². The van der Waals surface area contributed by atoms with E-state index in [9.17, 15) is 22.8 Å². The Morgan fingerprint density at radius 1 is 1.03 bits per heavy atom. The Morgan fingerprint density at radius 3 is 2.28 bits per heavy atom. The maximum atomic E-state index is 13.5. The zero-order valence-corrected chi connectivity index (χ0v) is 17.7. The number of halogens is 3. The van der Waals surface area contributed by atoms with Crippen LogP contribution in [0.4, 0.5) is 13.2 Å². The molecule has 3 rings (SSSR count). The van der Waals surface area contributed by atoms with Crippen molar-refractivity contribution >= 4 is 11.9 Å². The summed E-state index contributed by atoms with van der Waals surface area (Å²) >= 11 is 0. The molecule has 0 bridgehead atoms. The largest absolute Gasteiger partial charge is 0.466 e. The van der Waals surface area contributed by atoms with E-state index in [1.165, 1.54) is 23.1 Å². The standard InChI is InChI=1S/C25H24F3NO3/c1-2-32-23(31)24(18-20-10-6-7-11-21(20)25(26,27)28)14-16-29(17-15-24)22(30)13-12-19-8-4-3-5-9-19/h3-11H,2,14-18H2,1H3. The summed E-state index contributed by atoms with van der Waals surface area (Å²) < 4.78 is 45.7. The quantitative estimate of drug-likeness (QED) is 0.518. The van der Waals surface area contributed by atoms with E-state index in [2.05, 4.69) is 11.8 Å². The van der Waals surface area contributed by atoms with Gasteiger partial charge >= 0.3 is 12.1 Å². The summed E-state index contributed by atoms with van der Waals surface area (Å²) in [5.74, 6) is 4.51. The smallest absolute Gasteiger partial charge is 0.416 e. The number of nitrogens with zero attached hydrogens (tertiary/aromatic N) is 1. The lowest BCUT2D eigenvalue weighted by Gasteiger charge is -2.39. The Bertz CT molecular complexity index is 1010. The lowest BCUT2D eigenvalue weighted by Crippen LogP contribution is -2.48. The summed E-state index contributed by atoms with van der Waals surface area (Å²) in [7, 11) is 0. The summed E-state index contributed by atoms with van der Waals surface area (Å²) in [5.41, 5.74) is -1.11. The van der Waals surface area contributed by atoms with E-state index < -0.39 is 23.1 Å². The molecule has 0 saturated carbocycles. The van der Waals surface area contributed by atoms with Crippen molar-refractivity contribution in [3.63, 3.8) is 0 Å². The summed E-state index contributed by atoms with van der Waals surface area (Å²) in [6.07, 6.45) is -4.21. The van der Waals surface area contributed by atoms with Gasteiger partial charge in [-0.05, 0) is 49.9 Å². The average molecular weight is 443 g/mol. The van der Waals surface area contributed by atoms with Gasteiger partial charge in [-0.2, -0.15) is 13.2 Å². The lowest BCUT2D eigenvalue weighted by atomic mass is 9.73. The first-order valence-electron chi connectivity index (χ1n) is 10.4. The first-order chi connectivity index (χ1) is 15.2. The molecule has 1 aliphatic rings. The molecule has 1 heterocycles. The Kier molecular flexibility index (Phi) is 7.24. The number of ether oxygens (including phenoxy) is 1. The van der Waals surface area contributed by atoms with Crippen LogP contribution in [0.3, 0.4) is 0 Å². The fourth-order valence-electron chi connectivity index (χ4n) is 3.92. The van der Waals surface area contributed by atoms with Crippen LogP contribution in [-0.4, -0.2) is 36.5 Å². The number of esters is 1. The number of amides is 1. The minimum absolute atomic E-state index is 0.0525. The lowest BCUT2D eigenvalue weighted by molar-refractivity contribution is -0.160. The number of piperidine rings is 1. The summed E-state index contributed by atoms with van der Waals surface area (Å²) in [6.45, 7) is 2.23. The molecular formula is C25H24F3NO3. The van der Waals surface area contributed by atoms with Crippen molar-refractivity contribution in [1.82, 2.24) is 4.90 Å². The number of benzene rings is 2. The van der Waals surface area contributed by atoms with Crippen molar-refractivity contribution in [2.45, 2.75) is 32.4 Å². The van der Waals surface area contributed by atoms with Gasteiger partial charge in [-0.25, -0.2) is 0 Å². The number of rotatable bonds is 4. The summed E-state index contributed by atoms with van der Waals surface area (Å²) in [4.78, 5) is 26.9. The van der Waals surface area contributed by atoms with Crippen LogP contribution in [0, 0.1) is 17.3 Å². The first kappa shape index (κ1) is 23.4. The van der Waals surface area contributed by atoms with Crippen molar-refractivity contribution in [2.24, 2.45) is 5.41 Å². The molecule has 0 unspecified atom stereocenters. The zero-order valence-electron chi connectivity index (χ0n) is 17.7. The second kappa shape index (κ2) is 9.90. The van der Waals surface area contributed by atoms with Crippen molar-refractivity contribution in [2.75, 3.05) is 19.7 Å². The Hall–Kier alpha value is -3.27. The van der Waals surface area contributed by atoms with Crippen molar-refractivity contribution in [1.29, 1.82) is 0 Å². The number of hydrogen-bond donors (Lipinski definition) is 0. The van der Waals surface area contributed by atoms with Gasteiger partial charge in [0.25, 0.3) is 5.91 Å². The molecule has 2 aromatic carbocycles. The van der Waals surface area contributed by atoms with Gasteiger partial charge in [-0.15, -0.1) is 0 Å². The van der Waals surface area contributed by atoms with Crippen LogP contribution in [0.1, 0.15) is 36.5 Å². The molecule has 0 spiro atoms. The number of likely N-dealkylation sites (tertiary alicyclic amines) is 1. The second-order valence-corrected chi connectivity index (χ2v) is 7.74. The van der Waals surface area contributed by atoms with Gasteiger partial charge in [0, 0.05) is 24.6 Å². The van der Waals surface area contributed by atoms with Crippen molar-refractivity contribution < 1.29 is 27.5 Å². The minimum atomic E-state index is -4.52. The van der Waals surface area contributed by atoms with Crippen LogP contribution < -0.4 is 0 Å². The molecule has 1 saturated heterocycles. The van der Waals surface area contributed by atoms with E-state index in [4.69, 9.17) is 4.74 Å². The van der Waals surface area contributed by atoms with E-state index in [0.717, 1.165) is 6.07 Å². The molecule has 7 heteroatoms. The van der Waals surface area contributed by atoms with Gasteiger partial charge in [0.15, 0.2) is 0 Å². The summed E-state index contributed by atoms with van der Waals surface area (Å²) in [6, 6.07) is 14.4. The molecule has 32 heavy (non-hydrogen) atoms. The molecule has 1 fully saturated rings. The average Bonchev–Trinajstić information content (AvgIpc) is 2.78. The van der Waals surface area contributed by atoms with E-state index in [1.807, 2.05) is 18.2 Å². The van der Waals surface area contributed by atoms with Crippen LogP contribution in [0.2, 0.25) is 0 Å². The van der Waals surface area contributed by atoms with Gasteiger partial charge in [-0.1, -0.05) is 42.3 Å². The number of alkyl halides is 3. The van der Waals surface area contributed by atoms with Crippen LogP contribution >= 0.6 is 0 Å². The molecule has 1 amide bonds. The highest BCUT2D eigenvalue weighted by molar-refractivity contribution is 5.94. The number of carbonyl (C=O) groups excluding carboxylic acids is 2. The third-order valence-corrected chi connectivity index (χ3v) is 5.66. The van der Waals surface area contributed by atoms with E-state index in [0.29, 0.717) is 5.56 Å². The highest BCUT2D eigenvalue weighted by Crippen LogP contribution is 2.40. The fraction of sp³-hybridized carbons (Fsp3) is 0.360. The molecule has 168 valence electrons. The fourth-order valence-corrected chi connectivity index (χ4v) is 3.92. The van der Waals surface area contributed by atoms with Gasteiger partial charge in [0.2, 0.25) is 0 Å². The number of hydrogen-bond acceptors (Lipinski definition) is 3. The first-order valence-corrected chi connectivity index (χ1v) is 10.4. The normalized spacial score (nSPS) is 15.4. The molecule has 0 atom stereocenters. The van der Waals surface area contributed by atoms with E-state index >= 15 is 0 Å². The van der Waals surface area contributed by atoms with Gasteiger partial charge in [-0.3, -0.25) is 9.59 Å². The Labute approximate surface area is 185 Å². The van der Waals surface area contributed by atoms with Crippen LogP contribution in [0.25, 0.3) is 0 Å². The minimum Gasteiger partial charge on any atom is -0.466 e. The SMILES string of the molecule is CCOC(=O)C1(Cc2ccccc2C(F)(F)F)CCN(C(=O)C#Cc2ccccc2)CC1. The molecular weight excluding hydrogens is 419 g/mol. The van der Waals surface area contributed by atoms with Gasteiger partial charge in [0.1, 0.15) is 0 Å². The monoisotopic (exact) mass is 443 g/mol. The van der Waals surface area contributed by atoms with Crippen molar-refractivity contribution in [3.8, 4) is 11.8 Å². The molecule has 0 radical (unpaired) electrons. The van der Waals surface area contributed by atoms with Crippen molar-refractivity contribution in [3.05, 3.63) is 71.3 Å². The number of carbonyl (C=O) groups is 2. The molecule has 0 N–H and O–H groups in total. The highest BCUT2D eigenvalue weighted by atomic mass is 19.4. The van der Waals surface area contributed by atoms with Crippen LogP contribution in [0.5, 0.6) is 0 Å². The van der Waals surface area contributed by atoms with Gasteiger partial charge in [0.05, 0.1) is 17.6 Å². The molecule has 4 nitrogen and oxygen atoms in total. The Balaban J connectivity index is 1.78. The maximum Gasteiger partial charge on any atom is 0.416 e. The van der Waals surface area contributed by atoms with Crippen LogP contribution in [0.15, 0.2) is 54.6 Å². The second-order valence-electron chi connectivity index (χ2n) is 7.74. The Morgan fingerprint density at radius 2 is 1.66 bits per heavy atom. The molecule has 0 aromatic heterocycles. The predicted molar refractivity (Wildman–Crippen MR) is 113 cm³/mol. The highest BCUT2D eigenvalue weighted by Gasteiger charge is 2.45. The third kappa shape index (κ3) is 5.50. The molecule has 0 aliphatic carbocycles. The summed E-state index contributed by atoms with van der Waals surface area (Å²) in [5, 5.41) is 0. The van der Waals surface area contributed by atoms with E-state index in [-0.39, 0.29) is 50.4 Å². The third-order valence-electron chi connectivity index (χ3n) is 5.66. The van der Waals surface area contributed by atoms with E-state index in [1.54, 1.807) is 19.1 Å². The van der Waals surface area contributed by atoms with Crippen LogP contribution in [-0.2, 0) is 26.9 Å². The molecule has 1 aliphatic heterocycles.